The van der Waals surface area contributed by atoms with Crippen LogP contribution in [0.5, 0.6) is 0 Å². The zero-order valence-electron chi connectivity index (χ0n) is 12.2. The first-order valence-electron chi connectivity index (χ1n) is 7.44. The second-order valence-electron chi connectivity index (χ2n) is 4.63. The third kappa shape index (κ3) is 3.12. The zero-order valence-corrected chi connectivity index (χ0v) is 12.2. The second kappa shape index (κ2) is 6.83. The predicted molar refractivity (Wildman–Crippen MR) is 77.7 cm³/mol. The first-order valence-corrected chi connectivity index (χ1v) is 7.44. The molecule has 0 saturated heterocycles. The third-order valence-corrected chi connectivity index (χ3v) is 3.70. The average Bonchev–Trinajstić information content (AvgIpc) is 3.15. The van der Waals surface area contributed by atoms with Crippen molar-refractivity contribution in [3.05, 3.63) is 34.9 Å². The Labute approximate surface area is 107 Å². The smallest absolute Gasteiger partial charge is 0.0125 e. The van der Waals surface area contributed by atoms with Crippen LogP contribution in [0, 0.1) is 12.8 Å². The molecule has 1 fully saturated rings. The van der Waals surface area contributed by atoms with Crippen molar-refractivity contribution in [3.63, 3.8) is 0 Å². The van der Waals surface area contributed by atoms with Crippen molar-refractivity contribution in [1.29, 1.82) is 0 Å². The fourth-order valence-electron chi connectivity index (χ4n) is 2.92. The van der Waals surface area contributed by atoms with Gasteiger partial charge in [-0.15, -0.1) is 0 Å². The molecule has 1 atom stereocenters. The highest BCUT2D eigenvalue weighted by Crippen LogP contribution is 2.50. The Morgan fingerprint density at radius 3 is 2.18 bits per heavy atom. The van der Waals surface area contributed by atoms with E-state index in [1.165, 1.54) is 31.2 Å². The SMILES string of the molecule is CC.CC.Cc1cccc2c1C(C1CC1)CC2. The Bertz CT molecular complexity index is 334. The van der Waals surface area contributed by atoms with E-state index in [0.717, 1.165) is 11.8 Å². The normalized spacial score (nSPS) is 20.6. The molecule has 0 spiro atoms. The van der Waals surface area contributed by atoms with E-state index in [-0.39, 0.29) is 0 Å². The molecule has 3 rings (SSSR count). The summed E-state index contributed by atoms with van der Waals surface area (Å²) in [6.07, 6.45) is 5.72. The fourth-order valence-corrected chi connectivity index (χ4v) is 2.92. The molecule has 1 unspecified atom stereocenters. The molecule has 17 heavy (non-hydrogen) atoms. The summed E-state index contributed by atoms with van der Waals surface area (Å²) in [5, 5.41) is 0. The standard InChI is InChI=1S/C13H16.2C2H6/c1-9-3-2-4-11-7-8-12(13(9)11)10-5-6-10;2*1-2/h2-4,10,12H,5-8H2,1H3;2*1-2H3. The molecule has 0 aromatic heterocycles. The van der Waals surface area contributed by atoms with Gasteiger partial charge < -0.3 is 0 Å². The lowest BCUT2D eigenvalue weighted by Crippen LogP contribution is -1.97. The number of benzene rings is 1. The van der Waals surface area contributed by atoms with Crippen LogP contribution < -0.4 is 0 Å². The molecule has 1 saturated carbocycles. The number of fused-ring (bicyclic) bond motifs is 1. The van der Waals surface area contributed by atoms with E-state index < -0.39 is 0 Å². The van der Waals surface area contributed by atoms with Crippen molar-refractivity contribution in [2.24, 2.45) is 5.92 Å². The summed E-state index contributed by atoms with van der Waals surface area (Å²) in [7, 11) is 0. The van der Waals surface area contributed by atoms with Crippen molar-refractivity contribution in [3.8, 4) is 0 Å². The number of rotatable bonds is 1. The van der Waals surface area contributed by atoms with Crippen LogP contribution in [0.1, 0.15) is 69.6 Å². The molecule has 0 aliphatic heterocycles. The van der Waals surface area contributed by atoms with Gasteiger partial charge in [0.15, 0.2) is 0 Å². The van der Waals surface area contributed by atoms with E-state index in [2.05, 4.69) is 25.1 Å². The van der Waals surface area contributed by atoms with E-state index in [1.807, 2.05) is 27.7 Å². The van der Waals surface area contributed by atoms with Gasteiger partial charge in [0.05, 0.1) is 0 Å². The van der Waals surface area contributed by atoms with Gasteiger partial charge in [-0.1, -0.05) is 45.9 Å². The first kappa shape index (κ1) is 14.3. The molecule has 0 nitrogen and oxygen atoms in total. The summed E-state index contributed by atoms with van der Waals surface area (Å²) < 4.78 is 0. The minimum absolute atomic E-state index is 0.927. The van der Waals surface area contributed by atoms with Crippen LogP contribution in [0.4, 0.5) is 0 Å². The van der Waals surface area contributed by atoms with Crippen LogP contribution in [0.15, 0.2) is 18.2 Å². The molecule has 2 aliphatic rings. The van der Waals surface area contributed by atoms with Crippen LogP contribution in [-0.2, 0) is 6.42 Å². The summed E-state index contributed by atoms with van der Waals surface area (Å²) in [5.74, 6) is 1.97. The zero-order chi connectivity index (χ0) is 12.8. The maximum atomic E-state index is 2.32. The van der Waals surface area contributed by atoms with Gasteiger partial charge in [0.1, 0.15) is 0 Å². The molecule has 0 heteroatoms. The quantitative estimate of drug-likeness (QED) is 0.601. The van der Waals surface area contributed by atoms with Gasteiger partial charge in [-0.05, 0) is 61.1 Å². The monoisotopic (exact) mass is 232 g/mol. The van der Waals surface area contributed by atoms with E-state index in [0.29, 0.717) is 0 Å². The van der Waals surface area contributed by atoms with E-state index in [1.54, 1.807) is 11.1 Å². The van der Waals surface area contributed by atoms with Gasteiger partial charge in [0, 0.05) is 0 Å². The fraction of sp³-hybridized carbons (Fsp3) is 0.647. The maximum Gasteiger partial charge on any atom is -0.0125 e. The summed E-state index contributed by atoms with van der Waals surface area (Å²) in [4.78, 5) is 0. The number of hydrogen-bond donors (Lipinski definition) is 0. The molecule has 0 bridgehead atoms. The van der Waals surface area contributed by atoms with Crippen LogP contribution in [0.2, 0.25) is 0 Å². The van der Waals surface area contributed by atoms with Crippen molar-refractivity contribution >= 4 is 0 Å². The van der Waals surface area contributed by atoms with E-state index >= 15 is 0 Å². The van der Waals surface area contributed by atoms with Crippen molar-refractivity contribution in [2.75, 3.05) is 0 Å². The molecule has 0 N–H and O–H groups in total. The number of hydrogen-bond acceptors (Lipinski definition) is 0. The molecule has 1 aromatic rings. The Hall–Kier alpha value is -0.780. The molecule has 2 aliphatic carbocycles. The summed E-state index contributed by atoms with van der Waals surface area (Å²) >= 11 is 0. The predicted octanol–water partition coefficient (Wildman–Crippen LogP) is 5.49. The van der Waals surface area contributed by atoms with E-state index in [9.17, 15) is 0 Å². The minimum atomic E-state index is 0.927. The summed E-state index contributed by atoms with van der Waals surface area (Å²) in [6.45, 7) is 10.3. The molecule has 0 amide bonds. The first-order chi connectivity index (χ1) is 8.36. The lowest BCUT2D eigenvalue weighted by molar-refractivity contribution is 0.598. The molecular formula is C17H28. The largest absolute Gasteiger partial charge is 0.0683 e. The van der Waals surface area contributed by atoms with Crippen LogP contribution in [-0.4, -0.2) is 0 Å². The van der Waals surface area contributed by atoms with Crippen LogP contribution in [0.25, 0.3) is 0 Å². The Kier molecular flexibility index (Phi) is 5.74. The summed E-state index contributed by atoms with van der Waals surface area (Å²) in [6, 6.07) is 6.81. The highest BCUT2D eigenvalue weighted by Gasteiger charge is 2.36. The minimum Gasteiger partial charge on any atom is -0.0683 e. The number of aryl methyl sites for hydroxylation is 2. The lowest BCUT2D eigenvalue weighted by Gasteiger charge is -2.12. The van der Waals surface area contributed by atoms with Crippen molar-refractivity contribution in [2.45, 2.75) is 66.2 Å². The Morgan fingerprint density at radius 1 is 0.941 bits per heavy atom. The van der Waals surface area contributed by atoms with Crippen molar-refractivity contribution < 1.29 is 0 Å². The highest BCUT2D eigenvalue weighted by atomic mass is 14.4. The van der Waals surface area contributed by atoms with Gasteiger partial charge >= 0.3 is 0 Å². The van der Waals surface area contributed by atoms with Gasteiger partial charge in [-0.3, -0.25) is 0 Å². The molecule has 1 aromatic carbocycles. The third-order valence-electron chi connectivity index (χ3n) is 3.70. The van der Waals surface area contributed by atoms with Gasteiger partial charge in [-0.25, -0.2) is 0 Å². The highest BCUT2D eigenvalue weighted by molar-refractivity contribution is 5.41. The van der Waals surface area contributed by atoms with Crippen molar-refractivity contribution in [1.82, 2.24) is 0 Å². The molecular weight excluding hydrogens is 204 g/mol. The maximum absolute atomic E-state index is 2.32. The molecule has 0 radical (unpaired) electrons. The molecule has 0 heterocycles. The van der Waals surface area contributed by atoms with E-state index in [4.69, 9.17) is 0 Å². The van der Waals surface area contributed by atoms with Gasteiger partial charge in [-0.2, -0.15) is 0 Å². The second-order valence-corrected chi connectivity index (χ2v) is 4.63. The lowest BCUT2D eigenvalue weighted by atomic mass is 9.93. The topological polar surface area (TPSA) is 0 Å². The van der Waals surface area contributed by atoms with Crippen LogP contribution in [0.3, 0.4) is 0 Å². The van der Waals surface area contributed by atoms with Gasteiger partial charge in [0.25, 0.3) is 0 Å². The Morgan fingerprint density at radius 2 is 1.59 bits per heavy atom. The summed E-state index contributed by atoms with van der Waals surface area (Å²) in [5.41, 5.74) is 4.88. The Balaban J connectivity index is 0.000000330. The molecule has 96 valence electrons. The van der Waals surface area contributed by atoms with Crippen LogP contribution >= 0.6 is 0 Å². The average molecular weight is 232 g/mol. The van der Waals surface area contributed by atoms with Gasteiger partial charge in [0.2, 0.25) is 0 Å².